The van der Waals surface area contributed by atoms with Gasteiger partial charge in [-0.3, -0.25) is 4.57 Å². The first-order valence-corrected chi connectivity index (χ1v) is 6.56. The Bertz CT molecular complexity index is 693. The zero-order valence-corrected chi connectivity index (χ0v) is 11.4. The van der Waals surface area contributed by atoms with Crippen LogP contribution in [0, 0.1) is 0 Å². The number of methoxy groups -OCH3 is 1. The Morgan fingerprint density at radius 2 is 2.24 bits per heavy atom. The van der Waals surface area contributed by atoms with E-state index in [0.717, 1.165) is 19.3 Å². The molecule has 0 spiro atoms. The fourth-order valence-corrected chi connectivity index (χ4v) is 2.40. The second-order valence-corrected chi connectivity index (χ2v) is 4.70. The Morgan fingerprint density at radius 3 is 2.86 bits per heavy atom. The van der Waals surface area contributed by atoms with Gasteiger partial charge >= 0.3 is 12.0 Å². The SMILES string of the molecule is COc1nc2c(N)nc(C(=O)O)nc2n1C1CCCCO1. The lowest BCUT2D eigenvalue weighted by Gasteiger charge is -2.24. The van der Waals surface area contributed by atoms with Crippen molar-refractivity contribution >= 4 is 23.0 Å². The van der Waals surface area contributed by atoms with Gasteiger partial charge in [0.2, 0.25) is 5.82 Å². The maximum atomic E-state index is 11.1. The number of hydrogen-bond acceptors (Lipinski definition) is 7. The summed E-state index contributed by atoms with van der Waals surface area (Å²) in [6, 6.07) is 0.278. The molecule has 2 aromatic rings. The van der Waals surface area contributed by atoms with Crippen molar-refractivity contribution in [3.8, 4) is 6.01 Å². The highest BCUT2D eigenvalue weighted by Gasteiger charge is 2.26. The van der Waals surface area contributed by atoms with Crippen molar-refractivity contribution in [2.45, 2.75) is 25.5 Å². The van der Waals surface area contributed by atoms with E-state index in [1.165, 1.54) is 7.11 Å². The first-order chi connectivity index (χ1) is 10.1. The molecule has 2 aromatic heterocycles. The number of carboxylic acid groups (broad SMARTS) is 1. The number of ether oxygens (including phenoxy) is 2. The van der Waals surface area contributed by atoms with Crippen LogP contribution in [0.25, 0.3) is 11.2 Å². The molecule has 3 rings (SSSR count). The van der Waals surface area contributed by atoms with Crippen LogP contribution in [0.5, 0.6) is 6.01 Å². The summed E-state index contributed by atoms with van der Waals surface area (Å²) in [6.45, 7) is 0.625. The highest BCUT2D eigenvalue weighted by molar-refractivity contribution is 5.90. The van der Waals surface area contributed by atoms with E-state index in [4.69, 9.17) is 20.3 Å². The second kappa shape index (κ2) is 5.17. The van der Waals surface area contributed by atoms with Gasteiger partial charge in [0.05, 0.1) is 7.11 Å². The summed E-state index contributed by atoms with van der Waals surface area (Å²) in [5.41, 5.74) is 6.39. The van der Waals surface area contributed by atoms with Gasteiger partial charge in [-0.15, -0.1) is 0 Å². The van der Waals surface area contributed by atoms with Crippen molar-refractivity contribution in [3.05, 3.63) is 5.82 Å². The van der Waals surface area contributed by atoms with Crippen molar-refractivity contribution < 1.29 is 19.4 Å². The molecule has 9 heteroatoms. The summed E-state index contributed by atoms with van der Waals surface area (Å²) < 4.78 is 12.6. The molecular weight excluding hydrogens is 278 g/mol. The summed E-state index contributed by atoms with van der Waals surface area (Å²) in [7, 11) is 1.47. The van der Waals surface area contributed by atoms with E-state index in [0.29, 0.717) is 17.8 Å². The minimum atomic E-state index is -1.25. The summed E-state index contributed by atoms with van der Waals surface area (Å²) in [5, 5.41) is 9.06. The molecule has 1 saturated heterocycles. The smallest absolute Gasteiger partial charge is 0.374 e. The maximum Gasteiger partial charge on any atom is 0.374 e. The number of fused-ring (bicyclic) bond motifs is 1. The van der Waals surface area contributed by atoms with Crippen LogP contribution in [-0.2, 0) is 4.74 Å². The predicted octanol–water partition coefficient (Wildman–Crippen LogP) is 0.814. The highest BCUT2D eigenvalue weighted by Crippen LogP contribution is 2.32. The molecule has 21 heavy (non-hydrogen) atoms. The zero-order valence-electron chi connectivity index (χ0n) is 11.4. The number of hydrogen-bond donors (Lipinski definition) is 2. The molecule has 0 aromatic carbocycles. The highest BCUT2D eigenvalue weighted by atomic mass is 16.5. The van der Waals surface area contributed by atoms with E-state index in [1.54, 1.807) is 4.57 Å². The van der Waals surface area contributed by atoms with Crippen LogP contribution in [0.2, 0.25) is 0 Å². The van der Waals surface area contributed by atoms with Gasteiger partial charge in [-0.2, -0.15) is 4.98 Å². The number of carboxylic acids is 1. The van der Waals surface area contributed by atoms with Gasteiger partial charge in [0, 0.05) is 6.61 Å². The third kappa shape index (κ3) is 2.25. The summed E-state index contributed by atoms with van der Waals surface area (Å²) in [6.07, 6.45) is 2.46. The molecule has 0 aliphatic carbocycles. The molecule has 1 fully saturated rings. The number of aromatic nitrogens is 4. The Kier molecular flexibility index (Phi) is 3.34. The summed E-state index contributed by atoms with van der Waals surface area (Å²) in [4.78, 5) is 23.1. The lowest BCUT2D eigenvalue weighted by Crippen LogP contribution is -2.19. The number of imidazole rings is 1. The second-order valence-electron chi connectivity index (χ2n) is 4.70. The van der Waals surface area contributed by atoms with E-state index in [1.807, 2.05) is 0 Å². The Labute approximate surface area is 119 Å². The number of nitrogens with zero attached hydrogens (tertiary/aromatic N) is 4. The van der Waals surface area contributed by atoms with E-state index in [9.17, 15) is 4.79 Å². The van der Waals surface area contributed by atoms with E-state index in [2.05, 4.69) is 15.0 Å². The van der Waals surface area contributed by atoms with Crippen LogP contribution in [0.1, 0.15) is 36.1 Å². The molecule has 0 amide bonds. The minimum absolute atomic E-state index is 0.00487. The fraction of sp³-hybridized carbons (Fsp3) is 0.500. The average Bonchev–Trinajstić information content (AvgIpc) is 2.87. The number of nitrogen functional groups attached to an aromatic ring is 1. The van der Waals surface area contributed by atoms with Crippen molar-refractivity contribution in [3.63, 3.8) is 0 Å². The van der Waals surface area contributed by atoms with E-state index in [-0.39, 0.29) is 23.9 Å². The van der Waals surface area contributed by atoms with Crippen LogP contribution >= 0.6 is 0 Å². The van der Waals surface area contributed by atoms with Gasteiger partial charge < -0.3 is 20.3 Å². The molecule has 0 radical (unpaired) electrons. The van der Waals surface area contributed by atoms with Gasteiger partial charge in [0.25, 0.3) is 0 Å². The normalized spacial score (nSPS) is 18.8. The van der Waals surface area contributed by atoms with Crippen molar-refractivity contribution in [2.75, 3.05) is 19.5 Å². The molecule has 9 nitrogen and oxygen atoms in total. The lowest BCUT2D eigenvalue weighted by atomic mass is 10.2. The maximum absolute atomic E-state index is 11.1. The predicted molar refractivity (Wildman–Crippen MR) is 72.1 cm³/mol. The molecule has 1 atom stereocenters. The first-order valence-electron chi connectivity index (χ1n) is 6.56. The monoisotopic (exact) mass is 293 g/mol. The zero-order chi connectivity index (χ0) is 15.0. The Balaban J connectivity index is 2.21. The minimum Gasteiger partial charge on any atom is -0.475 e. The third-order valence-corrected chi connectivity index (χ3v) is 3.35. The average molecular weight is 293 g/mol. The first kappa shape index (κ1) is 13.6. The molecule has 112 valence electrons. The number of rotatable bonds is 3. The van der Waals surface area contributed by atoms with Gasteiger partial charge in [-0.25, -0.2) is 14.8 Å². The largest absolute Gasteiger partial charge is 0.475 e. The van der Waals surface area contributed by atoms with E-state index < -0.39 is 5.97 Å². The molecule has 0 bridgehead atoms. The summed E-state index contributed by atoms with van der Waals surface area (Å²) >= 11 is 0. The lowest BCUT2D eigenvalue weighted by molar-refractivity contribution is -0.0334. The van der Waals surface area contributed by atoms with E-state index >= 15 is 0 Å². The molecular formula is C12H15N5O4. The van der Waals surface area contributed by atoms with Gasteiger partial charge in [-0.05, 0) is 19.3 Å². The number of anilines is 1. The van der Waals surface area contributed by atoms with Crippen LogP contribution in [0.3, 0.4) is 0 Å². The summed E-state index contributed by atoms with van der Waals surface area (Å²) in [5.74, 6) is -1.62. The van der Waals surface area contributed by atoms with Crippen LogP contribution < -0.4 is 10.5 Å². The van der Waals surface area contributed by atoms with Crippen molar-refractivity contribution in [1.82, 2.24) is 19.5 Å². The Morgan fingerprint density at radius 1 is 1.43 bits per heavy atom. The topological polar surface area (TPSA) is 125 Å². The quantitative estimate of drug-likeness (QED) is 0.851. The molecule has 1 aliphatic rings. The molecule has 1 unspecified atom stereocenters. The fourth-order valence-electron chi connectivity index (χ4n) is 2.40. The molecule has 3 N–H and O–H groups in total. The number of carbonyl (C=O) groups is 1. The molecule has 1 aliphatic heterocycles. The van der Waals surface area contributed by atoms with Crippen molar-refractivity contribution in [2.24, 2.45) is 0 Å². The Hall–Kier alpha value is -2.42. The number of nitrogens with two attached hydrogens (primary N) is 1. The van der Waals surface area contributed by atoms with Crippen LogP contribution in [-0.4, -0.2) is 44.3 Å². The van der Waals surface area contributed by atoms with Crippen LogP contribution in [0.4, 0.5) is 5.82 Å². The standard InChI is InChI=1S/C12H15N5O4/c1-20-12-14-7-8(13)15-9(11(18)19)16-10(7)17(12)6-4-2-3-5-21-6/h6H,2-5H2,1H3,(H,18,19)(H2,13,15,16). The third-order valence-electron chi connectivity index (χ3n) is 3.35. The van der Waals surface area contributed by atoms with Gasteiger partial charge in [0.15, 0.2) is 17.0 Å². The van der Waals surface area contributed by atoms with Crippen molar-refractivity contribution in [1.29, 1.82) is 0 Å². The van der Waals surface area contributed by atoms with Crippen LogP contribution in [0.15, 0.2) is 0 Å². The molecule has 0 saturated carbocycles. The number of aromatic carboxylic acids is 1. The molecule has 3 heterocycles. The van der Waals surface area contributed by atoms with Gasteiger partial charge in [-0.1, -0.05) is 0 Å². The van der Waals surface area contributed by atoms with Gasteiger partial charge in [0.1, 0.15) is 6.23 Å².